The summed E-state index contributed by atoms with van der Waals surface area (Å²) < 4.78 is 0. The van der Waals surface area contributed by atoms with Crippen molar-refractivity contribution in [3.63, 3.8) is 0 Å². The number of hydrogen-bond acceptors (Lipinski definition) is 1. The molecule has 2 aromatic rings. The van der Waals surface area contributed by atoms with Gasteiger partial charge in [-0.2, -0.15) is 0 Å². The van der Waals surface area contributed by atoms with E-state index in [0.717, 1.165) is 5.56 Å². The average molecular weight is 224 g/mol. The van der Waals surface area contributed by atoms with E-state index in [4.69, 9.17) is 0 Å². The molecular formula is C15H14NO. The molecule has 0 aromatic heterocycles. The van der Waals surface area contributed by atoms with Crippen molar-refractivity contribution in [3.8, 4) is 11.1 Å². The summed E-state index contributed by atoms with van der Waals surface area (Å²) in [5.41, 5.74) is 3.45. The lowest BCUT2D eigenvalue weighted by Gasteiger charge is -2.05. The van der Waals surface area contributed by atoms with Crippen molar-refractivity contribution in [2.24, 2.45) is 0 Å². The van der Waals surface area contributed by atoms with Crippen LogP contribution in [0.25, 0.3) is 11.1 Å². The van der Waals surface area contributed by atoms with Gasteiger partial charge in [0.1, 0.15) is 0 Å². The fraction of sp³-hybridized carbons (Fsp3) is 0.133. The highest BCUT2D eigenvalue weighted by atomic mass is 16.1. The molecule has 0 aliphatic rings. The summed E-state index contributed by atoms with van der Waals surface area (Å²) in [4.78, 5) is 10.8. The highest BCUT2D eigenvalue weighted by Gasteiger charge is 1.98. The molecule has 0 aliphatic heterocycles. The number of amides is 1. The van der Waals surface area contributed by atoms with Gasteiger partial charge in [-0.3, -0.25) is 4.79 Å². The third-order valence-electron chi connectivity index (χ3n) is 2.55. The second kappa shape index (κ2) is 5.30. The van der Waals surface area contributed by atoms with Crippen LogP contribution in [0.2, 0.25) is 0 Å². The Labute approximate surface area is 101 Å². The topological polar surface area (TPSA) is 29.1 Å². The molecule has 2 nitrogen and oxygen atoms in total. The van der Waals surface area contributed by atoms with Gasteiger partial charge in [0.2, 0.25) is 5.91 Å². The number of benzene rings is 2. The molecule has 0 bridgehead atoms. The predicted molar refractivity (Wildman–Crippen MR) is 68.2 cm³/mol. The molecule has 1 N–H and O–H groups in total. The first-order valence-corrected chi connectivity index (χ1v) is 5.55. The number of rotatable bonds is 3. The molecule has 2 aromatic carbocycles. The van der Waals surface area contributed by atoms with Gasteiger partial charge in [-0.1, -0.05) is 48.5 Å². The monoisotopic (exact) mass is 224 g/mol. The molecule has 85 valence electrons. The molecule has 0 saturated carbocycles. The molecule has 1 amide bonds. The number of carbonyl (C=O) groups is 1. The molecule has 1 radical (unpaired) electrons. The highest BCUT2D eigenvalue weighted by Crippen LogP contribution is 2.18. The molecule has 2 heteroatoms. The molecule has 2 rings (SSSR count). The van der Waals surface area contributed by atoms with Crippen LogP contribution in [0.5, 0.6) is 0 Å². The Morgan fingerprint density at radius 2 is 1.65 bits per heavy atom. The normalized spacial score (nSPS) is 9.94. The zero-order valence-corrected chi connectivity index (χ0v) is 9.73. The van der Waals surface area contributed by atoms with Crippen LogP contribution < -0.4 is 5.32 Å². The van der Waals surface area contributed by atoms with Gasteiger partial charge in [0.05, 0.1) is 0 Å². The highest BCUT2D eigenvalue weighted by molar-refractivity contribution is 5.72. The minimum atomic E-state index is -0.00678. The Morgan fingerprint density at radius 1 is 1.06 bits per heavy atom. The van der Waals surface area contributed by atoms with E-state index in [9.17, 15) is 4.79 Å². The Morgan fingerprint density at radius 3 is 2.24 bits per heavy atom. The van der Waals surface area contributed by atoms with Gasteiger partial charge in [0.15, 0.2) is 0 Å². The zero-order chi connectivity index (χ0) is 12.1. The summed E-state index contributed by atoms with van der Waals surface area (Å²) in [6.07, 6.45) is 0. The Balaban J connectivity index is 2.11. The largest absolute Gasteiger partial charge is 0.352 e. The second-order valence-electron chi connectivity index (χ2n) is 3.90. The van der Waals surface area contributed by atoms with Crippen LogP contribution in [0.3, 0.4) is 0 Å². The number of nitrogens with one attached hydrogen (secondary N) is 1. The molecule has 0 fully saturated rings. The van der Waals surface area contributed by atoms with Crippen LogP contribution >= 0.6 is 0 Å². The van der Waals surface area contributed by atoms with Crippen molar-refractivity contribution in [2.45, 2.75) is 13.5 Å². The first kappa shape index (κ1) is 11.4. The van der Waals surface area contributed by atoms with Crippen molar-refractivity contribution in [2.75, 3.05) is 0 Å². The summed E-state index contributed by atoms with van der Waals surface area (Å²) in [5.74, 6) is -0.00678. The fourth-order valence-electron chi connectivity index (χ4n) is 1.62. The smallest absolute Gasteiger partial charge is 0.217 e. The van der Waals surface area contributed by atoms with Gasteiger partial charge in [-0.15, -0.1) is 0 Å². The molecule has 0 saturated heterocycles. The quantitative estimate of drug-likeness (QED) is 0.853. The van der Waals surface area contributed by atoms with E-state index >= 15 is 0 Å². The first-order valence-electron chi connectivity index (χ1n) is 5.55. The van der Waals surface area contributed by atoms with Gasteiger partial charge in [-0.25, -0.2) is 0 Å². The molecule has 0 aliphatic carbocycles. The maximum atomic E-state index is 10.8. The van der Waals surface area contributed by atoms with Crippen LogP contribution in [0.15, 0.2) is 48.5 Å². The van der Waals surface area contributed by atoms with Crippen LogP contribution in [0, 0.1) is 6.07 Å². The minimum Gasteiger partial charge on any atom is -0.352 e. The third-order valence-corrected chi connectivity index (χ3v) is 2.55. The van der Waals surface area contributed by atoms with E-state index in [2.05, 4.69) is 23.5 Å². The van der Waals surface area contributed by atoms with Crippen molar-refractivity contribution >= 4 is 5.91 Å². The Hall–Kier alpha value is -2.09. The van der Waals surface area contributed by atoms with Crippen LogP contribution in [-0.4, -0.2) is 5.91 Å². The van der Waals surface area contributed by atoms with E-state index < -0.39 is 0 Å². The summed E-state index contributed by atoms with van der Waals surface area (Å²) in [5, 5.41) is 2.78. The summed E-state index contributed by atoms with van der Waals surface area (Å²) in [6, 6.07) is 19.1. The minimum absolute atomic E-state index is 0.00678. The Bertz CT molecular complexity index is 488. The van der Waals surface area contributed by atoms with Gasteiger partial charge >= 0.3 is 0 Å². The van der Waals surface area contributed by atoms with Crippen molar-refractivity contribution in [3.05, 3.63) is 60.2 Å². The molecule has 0 spiro atoms. The molecule has 0 heterocycles. The second-order valence-corrected chi connectivity index (χ2v) is 3.90. The molecule has 0 unspecified atom stereocenters. The maximum Gasteiger partial charge on any atom is 0.217 e. The fourth-order valence-corrected chi connectivity index (χ4v) is 1.62. The lowest BCUT2D eigenvalue weighted by atomic mass is 10.0. The lowest BCUT2D eigenvalue weighted by molar-refractivity contribution is -0.119. The number of carbonyl (C=O) groups excluding carboxylic acids is 1. The van der Waals surface area contributed by atoms with Gasteiger partial charge in [0, 0.05) is 13.5 Å². The van der Waals surface area contributed by atoms with E-state index in [1.165, 1.54) is 18.1 Å². The molecular weight excluding hydrogens is 210 g/mol. The average Bonchev–Trinajstić information content (AvgIpc) is 2.38. The zero-order valence-electron chi connectivity index (χ0n) is 9.73. The molecule has 17 heavy (non-hydrogen) atoms. The van der Waals surface area contributed by atoms with E-state index in [-0.39, 0.29) is 5.91 Å². The number of hydrogen-bond donors (Lipinski definition) is 1. The SMILES string of the molecule is CC(=O)NCc1ccc(-c2cc[c]cc2)cc1. The van der Waals surface area contributed by atoms with Gasteiger partial charge < -0.3 is 5.32 Å². The van der Waals surface area contributed by atoms with Crippen molar-refractivity contribution < 1.29 is 4.79 Å². The first-order chi connectivity index (χ1) is 8.25. The van der Waals surface area contributed by atoms with Gasteiger partial charge in [-0.05, 0) is 22.8 Å². The summed E-state index contributed by atoms with van der Waals surface area (Å²) in [7, 11) is 0. The maximum absolute atomic E-state index is 10.8. The van der Waals surface area contributed by atoms with Crippen LogP contribution in [0.4, 0.5) is 0 Å². The Kier molecular flexibility index (Phi) is 3.55. The predicted octanol–water partition coefficient (Wildman–Crippen LogP) is 2.79. The third kappa shape index (κ3) is 3.18. The van der Waals surface area contributed by atoms with Crippen molar-refractivity contribution in [1.29, 1.82) is 0 Å². The summed E-state index contributed by atoms with van der Waals surface area (Å²) >= 11 is 0. The lowest BCUT2D eigenvalue weighted by Crippen LogP contribution is -2.18. The van der Waals surface area contributed by atoms with Crippen LogP contribution in [0.1, 0.15) is 12.5 Å². The van der Waals surface area contributed by atoms with Gasteiger partial charge in [0.25, 0.3) is 0 Å². The van der Waals surface area contributed by atoms with Crippen LogP contribution in [-0.2, 0) is 11.3 Å². The van der Waals surface area contributed by atoms with E-state index in [1.807, 2.05) is 36.4 Å². The standard InChI is InChI=1S/C15H14NO/c1-12(17)16-11-13-7-9-15(10-8-13)14-5-3-2-4-6-14/h3-10H,11H2,1H3,(H,16,17). The van der Waals surface area contributed by atoms with E-state index in [1.54, 1.807) is 0 Å². The van der Waals surface area contributed by atoms with E-state index in [0.29, 0.717) is 6.54 Å². The van der Waals surface area contributed by atoms with Crippen molar-refractivity contribution in [1.82, 2.24) is 5.32 Å². The molecule has 0 atom stereocenters. The summed E-state index contributed by atoms with van der Waals surface area (Å²) in [6.45, 7) is 2.10.